The fourth-order valence-electron chi connectivity index (χ4n) is 3.33. The van der Waals surface area contributed by atoms with Crippen molar-refractivity contribution in [3.8, 4) is 23.0 Å². The third kappa shape index (κ3) is 3.77. The second-order valence-electron chi connectivity index (χ2n) is 6.93. The van der Waals surface area contributed by atoms with Gasteiger partial charge in [-0.2, -0.15) is 8.42 Å². The highest BCUT2D eigenvalue weighted by Gasteiger charge is 2.28. The predicted molar refractivity (Wildman–Crippen MR) is 118 cm³/mol. The minimum atomic E-state index is -4.66. The smallest absolute Gasteiger partial charge is 0.426 e. The lowest BCUT2D eigenvalue weighted by Crippen LogP contribution is -2.11. The van der Waals surface area contributed by atoms with Crippen molar-refractivity contribution in [3.05, 3.63) is 88.9 Å². The van der Waals surface area contributed by atoms with Crippen molar-refractivity contribution in [1.29, 1.82) is 5.39 Å². The molecule has 4 rings (SSSR count). The first kappa shape index (κ1) is 21.6. The Labute approximate surface area is 187 Å². The fourth-order valence-corrected chi connectivity index (χ4v) is 4.49. The second-order valence-corrected chi connectivity index (χ2v) is 8.44. The molecule has 4 aromatic rings. The van der Waals surface area contributed by atoms with E-state index in [1.54, 1.807) is 18.2 Å². The van der Waals surface area contributed by atoms with E-state index in [1.807, 2.05) is 0 Å². The van der Waals surface area contributed by atoms with Gasteiger partial charge in [-0.05, 0) is 24.3 Å². The predicted octanol–water partition coefficient (Wildman–Crippen LogP) is 4.44. The summed E-state index contributed by atoms with van der Waals surface area (Å²) in [6.07, 6.45) is 0. The number of phenolic OH excluding ortho intramolecular Hbond substituents is 3. The molecule has 10 heteroatoms. The quantitative estimate of drug-likeness (QED) is 0.223. The average molecular weight is 463 g/mol. The van der Waals surface area contributed by atoms with Crippen LogP contribution in [0.1, 0.15) is 15.9 Å². The highest BCUT2D eigenvalue weighted by Crippen LogP contribution is 2.42. The Kier molecular flexibility index (Phi) is 5.33. The molecule has 0 radical (unpaired) electrons. The van der Waals surface area contributed by atoms with Gasteiger partial charge < -0.3 is 19.5 Å². The summed E-state index contributed by atoms with van der Waals surface area (Å²) >= 11 is 0. The first-order valence-electron chi connectivity index (χ1n) is 9.43. The molecule has 0 bridgehead atoms. The lowest BCUT2D eigenvalue weighted by Gasteiger charge is -2.14. The average Bonchev–Trinajstić information content (AvgIpc) is 2.82. The monoisotopic (exact) mass is 463 g/mol. The van der Waals surface area contributed by atoms with Crippen LogP contribution in [-0.4, -0.2) is 29.5 Å². The summed E-state index contributed by atoms with van der Waals surface area (Å²) in [5, 5.41) is 40.0. The maximum Gasteiger partial charge on any atom is 0.426 e. The van der Waals surface area contributed by atoms with Gasteiger partial charge in [0.2, 0.25) is 16.9 Å². The zero-order chi connectivity index (χ0) is 23.8. The van der Waals surface area contributed by atoms with Gasteiger partial charge in [-0.3, -0.25) is 4.79 Å². The van der Waals surface area contributed by atoms with E-state index in [1.165, 1.54) is 42.5 Å². The number of nitrogens with zero attached hydrogens (tertiary/aromatic N) is 2. The lowest BCUT2D eigenvalue weighted by atomic mass is 10.0. The highest BCUT2D eigenvalue weighted by molar-refractivity contribution is 7.87. The van der Waals surface area contributed by atoms with E-state index in [0.717, 1.165) is 12.1 Å². The van der Waals surface area contributed by atoms with E-state index >= 15 is 0 Å². The molecule has 0 aromatic heterocycles. The maximum absolute atomic E-state index is 13.1. The lowest BCUT2D eigenvalue weighted by molar-refractivity contribution is 0.103. The van der Waals surface area contributed by atoms with Gasteiger partial charge in [0.05, 0.1) is 5.56 Å². The molecule has 0 atom stereocenters. The summed E-state index contributed by atoms with van der Waals surface area (Å²) in [6, 6.07) is 16.6. The van der Waals surface area contributed by atoms with E-state index in [2.05, 4.69) is 4.98 Å². The van der Waals surface area contributed by atoms with Crippen molar-refractivity contribution in [3.63, 3.8) is 0 Å². The van der Waals surface area contributed by atoms with E-state index in [0.29, 0.717) is 0 Å². The van der Waals surface area contributed by atoms with Crippen LogP contribution >= 0.6 is 0 Å². The Balaban J connectivity index is 1.81. The van der Waals surface area contributed by atoms with E-state index in [9.17, 15) is 28.5 Å². The Morgan fingerprint density at radius 3 is 2.24 bits per heavy atom. The van der Waals surface area contributed by atoms with Crippen LogP contribution < -0.4 is 4.18 Å². The van der Waals surface area contributed by atoms with Crippen molar-refractivity contribution in [2.45, 2.75) is 4.90 Å². The van der Waals surface area contributed by atoms with Gasteiger partial charge in [0.15, 0.2) is 22.3 Å². The van der Waals surface area contributed by atoms with Gasteiger partial charge in [0.1, 0.15) is 4.90 Å². The number of fused-ring (bicyclic) bond motifs is 1. The van der Waals surface area contributed by atoms with Crippen LogP contribution in [0.3, 0.4) is 0 Å². The van der Waals surface area contributed by atoms with E-state index in [-0.39, 0.29) is 27.6 Å². The number of phenols is 3. The minimum Gasteiger partial charge on any atom is -0.504 e. The maximum atomic E-state index is 13.1. The Morgan fingerprint density at radius 1 is 0.818 bits per heavy atom. The summed E-state index contributed by atoms with van der Waals surface area (Å²) in [6.45, 7) is 0. The van der Waals surface area contributed by atoms with Crippen molar-refractivity contribution in [1.82, 2.24) is 0 Å². The van der Waals surface area contributed by atoms with Gasteiger partial charge in [0, 0.05) is 22.4 Å². The van der Waals surface area contributed by atoms with Gasteiger partial charge in [-0.15, -0.1) is 0 Å². The Hall–Kier alpha value is -4.62. The van der Waals surface area contributed by atoms with Crippen LogP contribution in [0.2, 0.25) is 0 Å². The van der Waals surface area contributed by atoms with Crippen LogP contribution in [0, 0.1) is 5.39 Å². The van der Waals surface area contributed by atoms with Crippen molar-refractivity contribution in [2.24, 2.45) is 0 Å². The van der Waals surface area contributed by atoms with E-state index < -0.39 is 43.8 Å². The van der Waals surface area contributed by atoms with Crippen molar-refractivity contribution >= 4 is 32.4 Å². The Morgan fingerprint density at radius 2 is 1.55 bits per heavy atom. The standard InChI is InChI=1S/C23H14N2O7S/c24-25-17-11-9-14-15(21(17)28)7-4-8-19(14)33(30,31)32-23-18(26)12-10-16(22(23)29)20(27)13-5-2-1-3-6-13/h1-12H,(H2-,26,27,28,29)/p+1. The number of hydrogen-bond donors (Lipinski definition) is 3. The third-order valence-electron chi connectivity index (χ3n) is 4.93. The molecule has 0 aliphatic carbocycles. The molecule has 0 fully saturated rings. The van der Waals surface area contributed by atoms with Crippen LogP contribution in [0.25, 0.3) is 15.7 Å². The molecule has 0 amide bonds. The zero-order valence-electron chi connectivity index (χ0n) is 16.7. The van der Waals surface area contributed by atoms with Crippen molar-refractivity contribution < 1.29 is 32.7 Å². The van der Waals surface area contributed by atoms with Crippen LogP contribution in [-0.2, 0) is 10.1 Å². The number of carbonyl (C=O) groups excluding carboxylic acids is 1. The van der Waals surface area contributed by atoms with Crippen molar-refractivity contribution in [2.75, 3.05) is 0 Å². The largest absolute Gasteiger partial charge is 0.504 e. The Bertz CT molecular complexity index is 1560. The molecule has 0 aliphatic heterocycles. The number of rotatable bonds is 5. The molecule has 0 saturated heterocycles. The van der Waals surface area contributed by atoms with Crippen LogP contribution in [0.4, 0.5) is 5.69 Å². The van der Waals surface area contributed by atoms with Gasteiger partial charge in [-0.25, -0.2) is 0 Å². The first-order valence-corrected chi connectivity index (χ1v) is 10.8. The second kappa shape index (κ2) is 8.14. The van der Waals surface area contributed by atoms with Gasteiger partial charge in [-0.1, -0.05) is 42.5 Å². The number of benzene rings is 4. The molecule has 0 unspecified atom stereocenters. The topological polar surface area (TPSA) is 149 Å². The number of diazo groups is 1. The first-order chi connectivity index (χ1) is 15.7. The molecular weight excluding hydrogens is 448 g/mol. The summed E-state index contributed by atoms with van der Waals surface area (Å²) in [4.78, 5) is 15.3. The molecule has 0 saturated carbocycles. The normalized spacial score (nSPS) is 11.1. The molecule has 3 N–H and O–H groups in total. The SMILES string of the molecule is N#[N+]c1ccc2c(S(=O)(=O)Oc3c(O)ccc(C(=O)c4ccccc4)c3O)cccc2c1O. The fraction of sp³-hybridized carbons (Fsp3) is 0. The zero-order valence-corrected chi connectivity index (χ0v) is 17.5. The molecule has 0 aliphatic rings. The number of hydrogen-bond acceptors (Lipinski definition) is 8. The van der Waals surface area contributed by atoms with Crippen LogP contribution in [0.15, 0.2) is 77.7 Å². The third-order valence-corrected chi connectivity index (χ3v) is 6.21. The molecule has 9 nitrogen and oxygen atoms in total. The van der Waals surface area contributed by atoms with Gasteiger partial charge >= 0.3 is 15.8 Å². The highest BCUT2D eigenvalue weighted by atomic mass is 32.2. The molecule has 0 spiro atoms. The number of aromatic hydroxyl groups is 3. The molecule has 33 heavy (non-hydrogen) atoms. The molecular formula is C23H15N2O7S+. The summed E-state index contributed by atoms with van der Waals surface area (Å²) < 4.78 is 31.2. The molecule has 0 heterocycles. The minimum absolute atomic E-state index is 0.0397. The molecule has 164 valence electrons. The van der Waals surface area contributed by atoms with E-state index in [4.69, 9.17) is 9.58 Å². The summed E-state index contributed by atoms with van der Waals surface area (Å²) in [5.41, 5.74) is -0.198. The number of ketones is 1. The summed E-state index contributed by atoms with van der Waals surface area (Å²) in [5.74, 6) is -3.43. The molecule has 4 aromatic carbocycles. The summed E-state index contributed by atoms with van der Waals surface area (Å²) in [7, 11) is -4.66. The van der Waals surface area contributed by atoms with Crippen LogP contribution in [0.5, 0.6) is 23.0 Å². The van der Waals surface area contributed by atoms with Gasteiger partial charge in [0.25, 0.3) is 0 Å². The number of carbonyl (C=O) groups is 1.